The topological polar surface area (TPSA) is 49.3 Å². The fourth-order valence-electron chi connectivity index (χ4n) is 2.28. The molecule has 0 bridgehead atoms. The summed E-state index contributed by atoms with van der Waals surface area (Å²) in [5.41, 5.74) is 1.23. The number of hydrogen-bond acceptors (Lipinski definition) is 2. The van der Waals surface area contributed by atoms with Gasteiger partial charge in [-0.1, -0.05) is 25.0 Å². The van der Waals surface area contributed by atoms with Crippen molar-refractivity contribution in [3.63, 3.8) is 0 Å². The second-order valence-electron chi connectivity index (χ2n) is 4.42. The Hall–Kier alpha value is -1.51. The van der Waals surface area contributed by atoms with Gasteiger partial charge in [0.15, 0.2) is 0 Å². The molecule has 0 heterocycles. The highest BCUT2D eigenvalue weighted by atomic mass is 16.3. The number of amides is 1. The van der Waals surface area contributed by atoms with Crippen LogP contribution < -0.4 is 5.32 Å². The number of nitrogens with one attached hydrogen (secondary N) is 1. The number of hydrogen-bond donors (Lipinski definition) is 2. The van der Waals surface area contributed by atoms with Crippen LogP contribution in [-0.2, 0) is 0 Å². The van der Waals surface area contributed by atoms with E-state index in [0.29, 0.717) is 5.56 Å². The average Bonchev–Trinajstić information content (AvgIpc) is 2.70. The minimum Gasteiger partial charge on any atom is -0.507 e. The van der Waals surface area contributed by atoms with Crippen LogP contribution in [0.3, 0.4) is 0 Å². The second kappa shape index (κ2) is 4.56. The van der Waals surface area contributed by atoms with Gasteiger partial charge < -0.3 is 10.4 Å². The number of aryl methyl sites for hydroxylation is 1. The number of phenolic OH excluding ortho intramolecular Hbond substituents is 1. The van der Waals surface area contributed by atoms with Gasteiger partial charge in [-0.25, -0.2) is 0 Å². The summed E-state index contributed by atoms with van der Waals surface area (Å²) < 4.78 is 0. The number of rotatable bonds is 2. The molecule has 2 rings (SSSR count). The minimum absolute atomic E-state index is 0.0653. The third-order valence-electron chi connectivity index (χ3n) is 3.17. The van der Waals surface area contributed by atoms with E-state index in [1.165, 1.54) is 12.8 Å². The van der Waals surface area contributed by atoms with E-state index in [4.69, 9.17) is 0 Å². The van der Waals surface area contributed by atoms with Gasteiger partial charge in [-0.2, -0.15) is 0 Å². The summed E-state index contributed by atoms with van der Waals surface area (Å²) in [4.78, 5) is 12.0. The molecule has 0 spiro atoms. The summed E-state index contributed by atoms with van der Waals surface area (Å²) in [6.07, 6.45) is 4.48. The Labute approximate surface area is 95.5 Å². The number of phenols is 1. The van der Waals surface area contributed by atoms with Gasteiger partial charge >= 0.3 is 0 Å². The molecule has 1 amide bonds. The van der Waals surface area contributed by atoms with Crippen molar-refractivity contribution in [1.82, 2.24) is 5.32 Å². The lowest BCUT2D eigenvalue weighted by Gasteiger charge is -2.14. The van der Waals surface area contributed by atoms with E-state index < -0.39 is 0 Å². The summed E-state index contributed by atoms with van der Waals surface area (Å²) in [5.74, 6) is -0.0852. The molecular weight excluding hydrogens is 202 g/mol. The molecule has 1 saturated carbocycles. The zero-order chi connectivity index (χ0) is 11.5. The molecule has 1 aliphatic carbocycles. The minimum atomic E-state index is -0.150. The van der Waals surface area contributed by atoms with Crippen LogP contribution in [-0.4, -0.2) is 17.1 Å². The van der Waals surface area contributed by atoms with Gasteiger partial charge in [0.1, 0.15) is 5.75 Å². The molecule has 0 radical (unpaired) electrons. The van der Waals surface area contributed by atoms with Crippen LogP contribution in [0.2, 0.25) is 0 Å². The Balaban J connectivity index is 2.13. The highest BCUT2D eigenvalue weighted by molar-refractivity contribution is 5.98. The van der Waals surface area contributed by atoms with Crippen molar-refractivity contribution in [3.8, 4) is 5.75 Å². The number of benzene rings is 1. The van der Waals surface area contributed by atoms with Crippen molar-refractivity contribution in [1.29, 1.82) is 0 Å². The van der Waals surface area contributed by atoms with E-state index in [-0.39, 0.29) is 17.7 Å². The standard InChI is InChI=1S/C13H17NO2/c1-9-5-4-8-11(15)12(9)13(16)14-10-6-2-3-7-10/h4-5,8,10,15H,2-3,6-7H2,1H3,(H,14,16). The highest BCUT2D eigenvalue weighted by Gasteiger charge is 2.20. The quantitative estimate of drug-likeness (QED) is 0.802. The first kappa shape index (κ1) is 11.0. The van der Waals surface area contributed by atoms with Crippen molar-refractivity contribution < 1.29 is 9.90 Å². The summed E-state index contributed by atoms with van der Waals surface area (Å²) in [6.45, 7) is 1.84. The van der Waals surface area contributed by atoms with Crippen LogP contribution in [0.1, 0.15) is 41.6 Å². The summed E-state index contributed by atoms with van der Waals surface area (Å²) in [6, 6.07) is 5.42. The fourth-order valence-corrected chi connectivity index (χ4v) is 2.28. The van der Waals surface area contributed by atoms with E-state index in [9.17, 15) is 9.90 Å². The molecule has 16 heavy (non-hydrogen) atoms. The van der Waals surface area contributed by atoms with Crippen LogP contribution >= 0.6 is 0 Å². The van der Waals surface area contributed by atoms with Gasteiger partial charge in [0.25, 0.3) is 5.91 Å². The van der Waals surface area contributed by atoms with Crippen molar-refractivity contribution in [3.05, 3.63) is 29.3 Å². The molecule has 0 aromatic heterocycles. The predicted octanol–water partition coefficient (Wildman–Crippen LogP) is 2.37. The zero-order valence-corrected chi connectivity index (χ0v) is 9.49. The van der Waals surface area contributed by atoms with Crippen molar-refractivity contribution >= 4 is 5.91 Å². The molecule has 86 valence electrons. The van der Waals surface area contributed by atoms with Crippen molar-refractivity contribution in [2.45, 2.75) is 38.6 Å². The maximum Gasteiger partial charge on any atom is 0.255 e. The summed E-state index contributed by atoms with van der Waals surface area (Å²) in [5, 5.41) is 12.7. The Morgan fingerprint density at radius 3 is 2.69 bits per heavy atom. The molecule has 1 aromatic rings. The van der Waals surface area contributed by atoms with Crippen LogP contribution in [0.4, 0.5) is 0 Å². The Morgan fingerprint density at radius 1 is 1.38 bits per heavy atom. The molecule has 3 heteroatoms. The molecule has 3 nitrogen and oxygen atoms in total. The van der Waals surface area contributed by atoms with E-state index in [1.54, 1.807) is 12.1 Å². The first-order valence-corrected chi connectivity index (χ1v) is 5.78. The predicted molar refractivity (Wildman–Crippen MR) is 62.6 cm³/mol. The highest BCUT2D eigenvalue weighted by Crippen LogP contribution is 2.22. The Morgan fingerprint density at radius 2 is 2.06 bits per heavy atom. The normalized spacial score (nSPS) is 16.3. The lowest BCUT2D eigenvalue weighted by Crippen LogP contribution is -2.33. The molecule has 1 aliphatic rings. The third kappa shape index (κ3) is 2.18. The summed E-state index contributed by atoms with van der Waals surface area (Å²) >= 11 is 0. The van der Waals surface area contributed by atoms with Crippen LogP contribution in [0.25, 0.3) is 0 Å². The summed E-state index contributed by atoms with van der Waals surface area (Å²) in [7, 11) is 0. The molecule has 1 aromatic carbocycles. The molecule has 0 aliphatic heterocycles. The Bertz CT molecular complexity index is 375. The second-order valence-corrected chi connectivity index (χ2v) is 4.42. The lowest BCUT2D eigenvalue weighted by molar-refractivity contribution is 0.0934. The molecule has 1 fully saturated rings. The largest absolute Gasteiger partial charge is 0.507 e. The zero-order valence-electron chi connectivity index (χ0n) is 9.49. The molecule has 0 unspecified atom stereocenters. The van der Waals surface area contributed by atoms with Gasteiger partial charge in [0, 0.05) is 6.04 Å². The first-order chi connectivity index (χ1) is 7.68. The molecular formula is C13H17NO2. The molecule has 2 N–H and O–H groups in total. The van der Waals surface area contributed by atoms with E-state index in [0.717, 1.165) is 18.4 Å². The van der Waals surface area contributed by atoms with Gasteiger partial charge in [-0.15, -0.1) is 0 Å². The lowest BCUT2D eigenvalue weighted by atomic mass is 10.1. The number of aromatic hydroxyl groups is 1. The average molecular weight is 219 g/mol. The van der Waals surface area contributed by atoms with E-state index >= 15 is 0 Å². The number of carbonyl (C=O) groups is 1. The SMILES string of the molecule is Cc1cccc(O)c1C(=O)NC1CCCC1. The van der Waals surface area contributed by atoms with E-state index in [1.807, 2.05) is 13.0 Å². The van der Waals surface area contributed by atoms with Gasteiger partial charge in [-0.05, 0) is 31.4 Å². The van der Waals surface area contributed by atoms with Crippen LogP contribution in [0.5, 0.6) is 5.75 Å². The molecule has 0 atom stereocenters. The van der Waals surface area contributed by atoms with Gasteiger partial charge in [0.2, 0.25) is 0 Å². The first-order valence-electron chi connectivity index (χ1n) is 5.78. The van der Waals surface area contributed by atoms with Gasteiger partial charge in [0.05, 0.1) is 5.56 Å². The van der Waals surface area contributed by atoms with Crippen LogP contribution in [0, 0.1) is 6.92 Å². The molecule has 0 saturated heterocycles. The van der Waals surface area contributed by atoms with Gasteiger partial charge in [-0.3, -0.25) is 4.79 Å². The van der Waals surface area contributed by atoms with Crippen molar-refractivity contribution in [2.24, 2.45) is 0 Å². The van der Waals surface area contributed by atoms with E-state index in [2.05, 4.69) is 5.32 Å². The maximum absolute atomic E-state index is 12.0. The monoisotopic (exact) mass is 219 g/mol. The maximum atomic E-state index is 12.0. The smallest absolute Gasteiger partial charge is 0.255 e. The van der Waals surface area contributed by atoms with Crippen molar-refractivity contribution in [2.75, 3.05) is 0 Å². The number of carbonyl (C=O) groups excluding carboxylic acids is 1. The third-order valence-corrected chi connectivity index (χ3v) is 3.17. The Kier molecular flexibility index (Phi) is 3.13. The van der Waals surface area contributed by atoms with Crippen LogP contribution in [0.15, 0.2) is 18.2 Å². The fraction of sp³-hybridized carbons (Fsp3) is 0.462.